The molecule has 2 unspecified atom stereocenters. The number of fused-ring (bicyclic) bond motifs is 1. The number of amides is 1. The summed E-state index contributed by atoms with van der Waals surface area (Å²) in [6.07, 6.45) is 10.9. The number of hydrogen-bond donors (Lipinski definition) is 2. The van der Waals surface area contributed by atoms with Crippen LogP contribution in [0.15, 0.2) is 25.2 Å². The molecule has 1 saturated carbocycles. The molecular weight excluding hydrogens is 338 g/mol. The molecule has 4 rings (SSSR count). The minimum atomic E-state index is 0.0177. The number of nitrogens with zero attached hydrogens (tertiary/aromatic N) is 3. The molecule has 0 radical (unpaired) electrons. The minimum absolute atomic E-state index is 0.0177. The lowest BCUT2D eigenvalue weighted by molar-refractivity contribution is -0.130. The van der Waals surface area contributed by atoms with Crippen LogP contribution in [0.5, 0.6) is 0 Å². The lowest BCUT2D eigenvalue weighted by atomic mass is 9.90. The van der Waals surface area contributed by atoms with Gasteiger partial charge in [-0.15, -0.1) is 0 Å². The monoisotopic (exact) mass is 367 g/mol. The lowest BCUT2D eigenvalue weighted by Gasteiger charge is -2.41. The van der Waals surface area contributed by atoms with E-state index >= 15 is 0 Å². The number of nitrogens with one attached hydrogen (secondary N) is 2. The van der Waals surface area contributed by atoms with Crippen molar-refractivity contribution in [3.05, 3.63) is 30.7 Å². The number of carbonyl (C=O) groups excluding carboxylic acids is 1. The first-order valence-electron chi connectivity index (χ1n) is 10.1. The molecule has 1 amide bonds. The highest BCUT2D eigenvalue weighted by atomic mass is 16.2. The van der Waals surface area contributed by atoms with Crippen LogP contribution in [0.3, 0.4) is 0 Å². The van der Waals surface area contributed by atoms with E-state index in [4.69, 9.17) is 0 Å². The average Bonchev–Trinajstić information content (AvgIpc) is 3.39. The van der Waals surface area contributed by atoms with E-state index in [1.807, 2.05) is 4.90 Å². The van der Waals surface area contributed by atoms with Gasteiger partial charge in [-0.25, -0.2) is 9.97 Å². The first-order valence-corrected chi connectivity index (χ1v) is 10.1. The van der Waals surface area contributed by atoms with E-state index in [0.717, 1.165) is 42.0 Å². The number of H-pyrrole nitrogens is 1. The Labute approximate surface area is 160 Å². The van der Waals surface area contributed by atoms with Gasteiger partial charge in [0, 0.05) is 24.8 Å². The third-order valence-corrected chi connectivity index (χ3v) is 5.95. The van der Waals surface area contributed by atoms with Gasteiger partial charge in [-0.05, 0) is 55.6 Å². The fraction of sp³-hybridized carbons (Fsp3) is 0.571. The van der Waals surface area contributed by atoms with Crippen molar-refractivity contribution < 1.29 is 4.79 Å². The van der Waals surface area contributed by atoms with Crippen LogP contribution in [0.25, 0.3) is 11.0 Å². The predicted octanol–water partition coefficient (Wildman–Crippen LogP) is 3.52. The predicted molar refractivity (Wildman–Crippen MR) is 107 cm³/mol. The Bertz CT molecular complexity index is 838. The molecule has 0 aromatic carbocycles. The van der Waals surface area contributed by atoms with Crippen molar-refractivity contribution in [1.29, 1.82) is 0 Å². The zero-order valence-electron chi connectivity index (χ0n) is 16.2. The smallest absolute Gasteiger partial charge is 0.246 e. The summed E-state index contributed by atoms with van der Waals surface area (Å²) < 4.78 is 0. The van der Waals surface area contributed by atoms with E-state index in [1.54, 1.807) is 6.33 Å². The quantitative estimate of drug-likeness (QED) is 0.766. The molecule has 3 heterocycles. The van der Waals surface area contributed by atoms with E-state index < -0.39 is 0 Å². The highest BCUT2D eigenvalue weighted by molar-refractivity contribution is 5.90. The molecule has 2 aromatic heterocycles. The van der Waals surface area contributed by atoms with Gasteiger partial charge in [-0.1, -0.05) is 20.4 Å². The van der Waals surface area contributed by atoms with E-state index in [-0.39, 0.29) is 18.0 Å². The van der Waals surface area contributed by atoms with Gasteiger partial charge < -0.3 is 15.2 Å². The summed E-state index contributed by atoms with van der Waals surface area (Å²) in [7, 11) is 0. The van der Waals surface area contributed by atoms with E-state index in [1.165, 1.54) is 24.5 Å². The van der Waals surface area contributed by atoms with Crippen LogP contribution in [-0.4, -0.2) is 44.4 Å². The molecule has 2 atom stereocenters. The van der Waals surface area contributed by atoms with Crippen molar-refractivity contribution in [1.82, 2.24) is 19.9 Å². The van der Waals surface area contributed by atoms with Crippen LogP contribution < -0.4 is 5.32 Å². The molecular formula is C21H29N5O. The molecule has 1 saturated heterocycles. The first-order chi connectivity index (χ1) is 13.1. The molecule has 6 heteroatoms. The Balaban J connectivity index is 1.56. The van der Waals surface area contributed by atoms with Gasteiger partial charge in [0.1, 0.15) is 17.8 Å². The van der Waals surface area contributed by atoms with Gasteiger partial charge in [0.05, 0.1) is 5.39 Å². The highest BCUT2D eigenvalue weighted by Gasteiger charge is 2.33. The summed E-state index contributed by atoms with van der Waals surface area (Å²) in [5, 5.41) is 4.72. The Morgan fingerprint density at radius 3 is 2.89 bits per heavy atom. The fourth-order valence-corrected chi connectivity index (χ4v) is 4.30. The number of hydrogen-bond acceptors (Lipinski definition) is 4. The summed E-state index contributed by atoms with van der Waals surface area (Å²) in [6, 6.07) is 0.460. The molecule has 27 heavy (non-hydrogen) atoms. The van der Waals surface area contributed by atoms with Gasteiger partial charge >= 0.3 is 0 Å². The maximum absolute atomic E-state index is 12.4. The average molecular weight is 367 g/mol. The van der Waals surface area contributed by atoms with E-state index in [0.29, 0.717) is 12.5 Å². The van der Waals surface area contributed by atoms with Gasteiger partial charge in [0.2, 0.25) is 5.91 Å². The molecule has 0 spiro atoms. The number of rotatable bonds is 6. The van der Waals surface area contributed by atoms with Gasteiger partial charge in [0.25, 0.3) is 0 Å². The maximum Gasteiger partial charge on any atom is 0.246 e. The van der Waals surface area contributed by atoms with Crippen molar-refractivity contribution in [3.63, 3.8) is 0 Å². The van der Waals surface area contributed by atoms with Gasteiger partial charge in [0.15, 0.2) is 0 Å². The Morgan fingerprint density at radius 2 is 2.19 bits per heavy atom. The Kier molecular flexibility index (Phi) is 4.89. The number of carbonyl (C=O) groups is 1. The van der Waals surface area contributed by atoms with Crippen LogP contribution in [0.2, 0.25) is 0 Å². The molecule has 0 bridgehead atoms. The summed E-state index contributed by atoms with van der Waals surface area (Å²) in [5.41, 5.74) is 2.18. The lowest BCUT2D eigenvalue weighted by Crippen LogP contribution is -2.52. The van der Waals surface area contributed by atoms with Crippen molar-refractivity contribution in [2.75, 3.05) is 11.9 Å². The molecule has 144 valence electrons. The van der Waals surface area contributed by atoms with Crippen molar-refractivity contribution in [2.45, 2.75) is 58.0 Å². The van der Waals surface area contributed by atoms with Gasteiger partial charge in [-0.3, -0.25) is 4.79 Å². The van der Waals surface area contributed by atoms with Crippen molar-refractivity contribution in [3.8, 4) is 0 Å². The van der Waals surface area contributed by atoms with Crippen LogP contribution in [0.1, 0.15) is 45.1 Å². The fourth-order valence-electron chi connectivity index (χ4n) is 4.30. The normalized spacial score (nSPS) is 23.0. The zero-order valence-corrected chi connectivity index (χ0v) is 16.2. The number of aromatic nitrogens is 3. The third-order valence-electron chi connectivity index (χ3n) is 5.95. The number of aromatic amines is 1. The molecule has 2 fully saturated rings. The number of anilines is 1. The number of likely N-dealkylation sites (tertiary alicyclic amines) is 1. The van der Waals surface area contributed by atoms with Gasteiger partial charge in [-0.2, -0.15) is 0 Å². The van der Waals surface area contributed by atoms with Crippen molar-refractivity contribution >= 4 is 22.8 Å². The van der Waals surface area contributed by atoms with Crippen LogP contribution in [-0.2, 0) is 11.2 Å². The Hall–Kier alpha value is -2.37. The second-order valence-electron chi connectivity index (χ2n) is 8.33. The molecule has 1 aliphatic heterocycles. The van der Waals surface area contributed by atoms with Crippen LogP contribution >= 0.6 is 0 Å². The molecule has 2 N–H and O–H groups in total. The second-order valence-corrected chi connectivity index (χ2v) is 8.33. The molecule has 6 nitrogen and oxygen atoms in total. The minimum Gasteiger partial charge on any atom is -0.365 e. The van der Waals surface area contributed by atoms with Crippen LogP contribution in [0, 0.1) is 11.8 Å². The summed E-state index contributed by atoms with van der Waals surface area (Å²) in [6.45, 7) is 8.72. The van der Waals surface area contributed by atoms with Crippen molar-refractivity contribution in [2.24, 2.45) is 11.8 Å². The topological polar surface area (TPSA) is 73.9 Å². The standard InChI is InChI=1S/C21H29N5O/c1-4-18(27)26-11-16(7-8-17(26)13(2)3)25-21-19-15(9-14-5-6-14)10-22-20(19)23-12-24-21/h4,10,12-14,16-17H,1,5-9,11H2,2-3H3,(H2,22,23,24,25). The summed E-state index contributed by atoms with van der Waals surface area (Å²) in [4.78, 5) is 26.6. The first kappa shape index (κ1) is 18.0. The largest absolute Gasteiger partial charge is 0.365 e. The highest BCUT2D eigenvalue weighted by Crippen LogP contribution is 2.36. The third kappa shape index (κ3) is 3.70. The molecule has 2 aromatic rings. The number of piperidine rings is 1. The SMILES string of the molecule is C=CC(=O)N1CC(Nc2ncnc3[nH]cc(CC4CC4)c23)CCC1C(C)C. The molecule has 2 aliphatic rings. The van der Waals surface area contributed by atoms with Crippen LogP contribution in [0.4, 0.5) is 5.82 Å². The summed E-state index contributed by atoms with van der Waals surface area (Å²) in [5.74, 6) is 2.15. The summed E-state index contributed by atoms with van der Waals surface area (Å²) >= 11 is 0. The maximum atomic E-state index is 12.4. The zero-order chi connectivity index (χ0) is 19.0. The van der Waals surface area contributed by atoms with E-state index in [9.17, 15) is 4.79 Å². The Morgan fingerprint density at radius 1 is 1.37 bits per heavy atom. The second kappa shape index (κ2) is 7.33. The molecule has 1 aliphatic carbocycles. The van der Waals surface area contributed by atoms with E-state index in [2.05, 4.69) is 46.9 Å².